The molecule has 1 aromatic carbocycles. The monoisotopic (exact) mass is 297 g/mol. The number of anilines is 2. The third-order valence-corrected chi connectivity index (χ3v) is 3.64. The number of hydrogen-bond acceptors (Lipinski definition) is 5. The Morgan fingerprint density at radius 2 is 1.86 bits per heavy atom. The molecule has 0 fully saturated rings. The molecule has 0 aliphatic heterocycles. The van der Waals surface area contributed by atoms with Gasteiger partial charge in [-0.15, -0.1) is 0 Å². The summed E-state index contributed by atoms with van der Waals surface area (Å²) in [4.78, 5) is 13.0. The molecule has 0 bridgehead atoms. The summed E-state index contributed by atoms with van der Waals surface area (Å²) in [6.07, 6.45) is 1.70. The highest BCUT2D eigenvalue weighted by molar-refractivity contribution is 5.84. The van der Waals surface area contributed by atoms with Crippen molar-refractivity contribution in [3.63, 3.8) is 0 Å². The minimum absolute atomic E-state index is 0.323. The summed E-state index contributed by atoms with van der Waals surface area (Å²) in [5.41, 5.74) is 9.64. The standard InChI is InChI=1S/C16H16FN5/c1-8-12(5-11(18)6-14(8)17)13-4-10-7-20-16(19-3)22-15(10)21-9(13)2/h4-7H,18H2,1-3H3,(H,19,20,21,22). The van der Waals surface area contributed by atoms with Gasteiger partial charge >= 0.3 is 0 Å². The van der Waals surface area contributed by atoms with Crippen LogP contribution in [0, 0.1) is 19.7 Å². The largest absolute Gasteiger partial charge is 0.399 e. The summed E-state index contributed by atoms with van der Waals surface area (Å²) in [6.45, 7) is 3.60. The number of nitrogens with one attached hydrogen (secondary N) is 1. The van der Waals surface area contributed by atoms with Crippen molar-refractivity contribution in [1.29, 1.82) is 0 Å². The fraction of sp³-hybridized carbons (Fsp3) is 0.188. The van der Waals surface area contributed by atoms with Crippen molar-refractivity contribution in [3.05, 3.63) is 41.5 Å². The zero-order valence-electron chi connectivity index (χ0n) is 12.6. The van der Waals surface area contributed by atoms with E-state index in [1.807, 2.05) is 13.0 Å². The molecule has 112 valence electrons. The summed E-state index contributed by atoms with van der Waals surface area (Å²) < 4.78 is 13.9. The van der Waals surface area contributed by atoms with E-state index in [-0.39, 0.29) is 5.82 Å². The fourth-order valence-electron chi connectivity index (χ4n) is 2.43. The molecule has 22 heavy (non-hydrogen) atoms. The highest BCUT2D eigenvalue weighted by atomic mass is 19.1. The van der Waals surface area contributed by atoms with Crippen molar-refractivity contribution in [1.82, 2.24) is 15.0 Å². The molecule has 3 aromatic rings. The van der Waals surface area contributed by atoms with Crippen molar-refractivity contribution in [3.8, 4) is 11.1 Å². The molecule has 2 aromatic heterocycles. The van der Waals surface area contributed by atoms with Crippen LogP contribution in [0.25, 0.3) is 22.2 Å². The van der Waals surface area contributed by atoms with Crippen molar-refractivity contribution >= 4 is 22.7 Å². The maximum Gasteiger partial charge on any atom is 0.224 e. The Labute approximate surface area is 127 Å². The molecular formula is C16H16FN5. The third-order valence-electron chi connectivity index (χ3n) is 3.64. The number of aromatic nitrogens is 3. The minimum Gasteiger partial charge on any atom is -0.399 e. The number of pyridine rings is 1. The van der Waals surface area contributed by atoms with Crippen LogP contribution in [0.4, 0.5) is 16.0 Å². The second-order valence-corrected chi connectivity index (χ2v) is 5.15. The van der Waals surface area contributed by atoms with E-state index in [1.54, 1.807) is 26.2 Å². The lowest BCUT2D eigenvalue weighted by molar-refractivity contribution is 0.620. The van der Waals surface area contributed by atoms with Gasteiger partial charge in [-0.05, 0) is 43.2 Å². The second-order valence-electron chi connectivity index (χ2n) is 5.15. The van der Waals surface area contributed by atoms with Gasteiger partial charge in [0.15, 0.2) is 5.65 Å². The Bertz CT molecular complexity index is 876. The lowest BCUT2D eigenvalue weighted by atomic mass is 9.97. The summed E-state index contributed by atoms with van der Waals surface area (Å²) in [6, 6.07) is 5.00. The number of hydrogen-bond donors (Lipinski definition) is 2. The van der Waals surface area contributed by atoms with Crippen LogP contribution in [0.15, 0.2) is 24.4 Å². The van der Waals surface area contributed by atoms with Crippen LogP contribution in [0.2, 0.25) is 0 Å². The van der Waals surface area contributed by atoms with Crippen LogP contribution in [0.5, 0.6) is 0 Å². The van der Waals surface area contributed by atoms with E-state index in [1.165, 1.54) is 6.07 Å². The summed E-state index contributed by atoms with van der Waals surface area (Å²) in [5, 5.41) is 3.67. The molecule has 0 saturated carbocycles. The Morgan fingerprint density at radius 3 is 2.59 bits per heavy atom. The van der Waals surface area contributed by atoms with Crippen LogP contribution < -0.4 is 11.1 Å². The molecule has 0 aliphatic rings. The highest BCUT2D eigenvalue weighted by Gasteiger charge is 2.13. The van der Waals surface area contributed by atoms with E-state index >= 15 is 0 Å². The number of nitrogen functional groups attached to an aromatic ring is 1. The van der Waals surface area contributed by atoms with Crippen LogP contribution in [0.3, 0.4) is 0 Å². The van der Waals surface area contributed by atoms with Crippen LogP contribution >= 0.6 is 0 Å². The normalized spacial score (nSPS) is 10.9. The molecule has 6 heteroatoms. The van der Waals surface area contributed by atoms with E-state index in [0.717, 1.165) is 22.2 Å². The maximum absolute atomic E-state index is 13.9. The predicted molar refractivity (Wildman–Crippen MR) is 86.2 cm³/mol. The molecule has 0 radical (unpaired) electrons. The first-order valence-corrected chi connectivity index (χ1v) is 6.87. The van der Waals surface area contributed by atoms with Gasteiger partial charge in [-0.2, -0.15) is 4.98 Å². The molecular weight excluding hydrogens is 281 g/mol. The van der Waals surface area contributed by atoms with Crippen LogP contribution in [-0.2, 0) is 0 Å². The van der Waals surface area contributed by atoms with E-state index in [2.05, 4.69) is 20.3 Å². The number of fused-ring (bicyclic) bond motifs is 1. The number of nitrogens with zero attached hydrogens (tertiary/aromatic N) is 3. The lowest BCUT2D eigenvalue weighted by Crippen LogP contribution is -2.00. The summed E-state index contributed by atoms with van der Waals surface area (Å²) in [5.74, 6) is 0.189. The van der Waals surface area contributed by atoms with Crippen molar-refractivity contribution in [2.24, 2.45) is 0 Å². The SMILES string of the molecule is CNc1ncc2cc(-c3cc(N)cc(F)c3C)c(C)nc2n1. The van der Waals surface area contributed by atoms with E-state index in [9.17, 15) is 4.39 Å². The predicted octanol–water partition coefficient (Wildman–Crippen LogP) is 3.07. The number of benzene rings is 1. The van der Waals surface area contributed by atoms with Gasteiger partial charge in [0.25, 0.3) is 0 Å². The van der Waals surface area contributed by atoms with Gasteiger partial charge in [0, 0.05) is 35.6 Å². The van der Waals surface area contributed by atoms with Gasteiger partial charge in [-0.3, -0.25) is 0 Å². The highest BCUT2D eigenvalue weighted by Crippen LogP contribution is 2.31. The zero-order valence-corrected chi connectivity index (χ0v) is 12.6. The molecule has 0 aliphatic carbocycles. The van der Waals surface area contributed by atoms with Crippen LogP contribution in [0.1, 0.15) is 11.3 Å². The minimum atomic E-state index is -0.323. The van der Waals surface area contributed by atoms with Crippen molar-refractivity contribution < 1.29 is 4.39 Å². The average molecular weight is 297 g/mol. The molecule has 3 N–H and O–H groups in total. The Morgan fingerprint density at radius 1 is 1.09 bits per heavy atom. The van der Waals surface area contributed by atoms with Crippen molar-refractivity contribution in [2.75, 3.05) is 18.1 Å². The fourth-order valence-corrected chi connectivity index (χ4v) is 2.43. The molecule has 5 nitrogen and oxygen atoms in total. The van der Waals surface area contributed by atoms with Crippen LogP contribution in [-0.4, -0.2) is 22.0 Å². The molecule has 0 atom stereocenters. The number of nitrogens with two attached hydrogens (primary N) is 1. The summed E-state index contributed by atoms with van der Waals surface area (Å²) >= 11 is 0. The van der Waals surface area contributed by atoms with E-state index < -0.39 is 0 Å². The lowest BCUT2D eigenvalue weighted by Gasteiger charge is -2.12. The Kier molecular flexibility index (Phi) is 3.36. The zero-order chi connectivity index (χ0) is 15.9. The first-order valence-electron chi connectivity index (χ1n) is 6.87. The smallest absolute Gasteiger partial charge is 0.224 e. The van der Waals surface area contributed by atoms with Gasteiger partial charge in [-0.25, -0.2) is 14.4 Å². The topological polar surface area (TPSA) is 76.7 Å². The van der Waals surface area contributed by atoms with Gasteiger partial charge in [0.2, 0.25) is 5.95 Å². The second kappa shape index (κ2) is 5.22. The first-order chi connectivity index (χ1) is 10.5. The number of rotatable bonds is 2. The average Bonchev–Trinajstić information content (AvgIpc) is 2.49. The van der Waals surface area contributed by atoms with Gasteiger partial charge in [0.1, 0.15) is 5.82 Å². The van der Waals surface area contributed by atoms with Gasteiger partial charge in [0.05, 0.1) is 0 Å². The molecule has 0 unspecified atom stereocenters. The maximum atomic E-state index is 13.9. The van der Waals surface area contributed by atoms with E-state index in [4.69, 9.17) is 5.73 Å². The molecule has 0 spiro atoms. The quantitative estimate of drug-likeness (QED) is 0.711. The van der Waals surface area contributed by atoms with Crippen molar-refractivity contribution in [2.45, 2.75) is 13.8 Å². The third kappa shape index (κ3) is 2.32. The number of halogens is 1. The molecule has 2 heterocycles. The van der Waals surface area contributed by atoms with Gasteiger partial charge in [-0.1, -0.05) is 0 Å². The van der Waals surface area contributed by atoms with E-state index in [0.29, 0.717) is 22.8 Å². The molecule has 3 rings (SSSR count). The summed E-state index contributed by atoms with van der Waals surface area (Å²) in [7, 11) is 1.75. The van der Waals surface area contributed by atoms with Gasteiger partial charge < -0.3 is 11.1 Å². The Hall–Kier alpha value is -2.76. The first kappa shape index (κ1) is 14.2. The number of aryl methyl sites for hydroxylation is 1. The molecule has 0 saturated heterocycles. The molecule has 0 amide bonds. The Balaban J connectivity index is 2.26.